The Morgan fingerprint density at radius 1 is 1.10 bits per heavy atom. The quantitative estimate of drug-likeness (QED) is 0.577. The van der Waals surface area contributed by atoms with E-state index in [0.717, 1.165) is 0 Å². The summed E-state index contributed by atoms with van der Waals surface area (Å²) in [6, 6.07) is 12.7. The topological polar surface area (TPSA) is 105 Å². The number of methoxy groups -OCH3 is 1. The number of hydrogen-bond donors (Lipinski definition) is 1. The van der Waals surface area contributed by atoms with Crippen molar-refractivity contribution in [1.29, 1.82) is 0 Å². The van der Waals surface area contributed by atoms with Crippen molar-refractivity contribution >= 4 is 23.2 Å². The molecule has 0 spiro atoms. The Morgan fingerprint density at radius 2 is 1.77 bits per heavy atom. The molecule has 2 amide bonds. The van der Waals surface area contributed by atoms with E-state index in [9.17, 15) is 19.7 Å². The molecule has 1 N–H and O–H groups in total. The van der Waals surface area contributed by atoms with Crippen molar-refractivity contribution in [2.24, 2.45) is 0 Å². The summed E-state index contributed by atoms with van der Waals surface area (Å²) in [5.74, 6) is -0.0315. The van der Waals surface area contributed by atoms with Crippen molar-refractivity contribution in [3.05, 3.63) is 64.2 Å². The number of non-ortho nitro benzene ring substituents is 1. The molecular weight excluding hydrogens is 388 g/mol. The number of carbonyl (C=O) groups is 2. The first-order valence-corrected chi connectivity index (χ1v) is 9.62. The first kappa shape index (κ1) is 21.3. The third-order valence-corrected chi connectivity index (χ3v) is 5.20. The molecule has 1 aliphatic heterocycles. The Morgan fingerprint density at radius 3 is 2.37 bits per heavy atom. The third kappa shape index (κ3) is 4.74. The molecule has 3 rings (SSSR count). The molecule has 30 heavy (non-hydrogen) atoms. The SMILES string of the molecule is COc1cc([N+](=O)[O-])ccc1NC(=O)[C@@H](C)N1CCN(C(=O)c2ccccc2)CC1. The Balaban J connectivity index is 1.59. The van der Waals surface area contributed by atoms with E-state index in [1.54, 1.807) is 24.0 Å². The molecule has 9 nitrogen and oxygen atoms in total. The molecule has 1 aliphatic rings. The van der Waals surface area contributed by atoms with E-state index in [4.69, 9.17) is 4.74 Å². The second-order valence-electron chi connectivity index (χ2n) is 7.00. The summed E-state index contributed by atoms with van der Waals surface area (Å²) >= 11 is 0. The summed E-state index contributed by atoms with van der Waals surface area (Å²) in [6.07, 6.45) is 0. The normalized spacial score (nSPS) is 15.3. The number of ether oxygens (including phenoxy) is 1. The Bertz CT molecular complexity index is 926. The smallest absolute Gasteiger partial charge is 0.273 e. The molecule has 0 unspecified atom stereocenters. The number of nitro benzene ring substituents is 1. The molecule has 0 aromatic heterocycles. The van der Waals surface area contributed by atoms with Crippen LogP contribution in [0.1, 0.15) is 17.3 Å². The van der Waals surface area contributed by atoms with E-state index in [0.29, 0.717) is 37.4 Å². The van der Waals surface area contributed by atoms with Gasteiger partial charge in [-0.25, -0.2) is 0 Å². The largest absolute Gasteiger partial charge is 0.494 e. The highest BCUT2D eigenvalue weighted by atomic mass is 16.6. The number of anilines is 1. The average molecular weight is 412 g/mol. The second kappa shape index (κ2) is 9.36. The molecule has 0 aliphatic carbocycles. The van der Waals surface area contributed by atoms with Crippen molar-refractivity contribution in [3.8, 4) is 5.75 Å². The number of piperazine rings is 1. The van der Waals surface area contributed by atoms with Crippen molar-refractivity contribution < 1.29 is 19.2 Å². The van der Waals surface area contributed by atoms with E-state index in [1.807, 2.05) is 23.1 Å². The maximum atomic E-state index is 12.7. The summed E-state index contributed by atoms with van der Waals surface area (Å²) in [5.41, 5.74) is 0.914. The van der Waals surface area contributed by atoms with Gasteiger partial charge in [-0.2, -0.15) is 0 Å². The number of benzene rings is 2. The van der Waals surface area contributed by atoms with Gasteiger partial charge in [0.15, 0.2) is 0 Å². The number of rotatable bonds is 6. The van der Waals surface area contributed by atoms with Crippen molar-refractivity contribution in [2.75, 3.05) is 38.6 Å². The molecule has 0 saturated carbocycles. The fraction of sp³-hybridized carbons (Fsp3) is 0.333. The van der Waals surface area contributed by atoms with Crippen molar-refractivity contribution in [2.45, 2.75) is 13.0 Å². The van der Waals surface area contributed by atoms with Gasteiger partial charge in [-0.05, 0) is 25.1 Å². The number of carbonyl (C=O) groups excluding carboxylic acids is 2. The molecule has 1 atom stereocenters. The lowest BCUT2D eigenvalue weighted by molar-refractivity contribution is -0.384. The first-order valence-electron chi connectivity index (χ1n) is 9.62. The Hall–Kier alpha value is -3.46. The van der Waals surface area contributed by atoms with Crippen LogP contribution < -0.4 is 10.1 Å². The van der Waals surface area contributed by atoms with E-state index in [-0.39, 0.29) is 23.3 Å². The average Bonchev–Trinajstić information content (AvgIpc) is 2.78. The van der Waals surface area contributed by atoms with Gasteiger partial charge in [0.25, 0.3) is 11.6 Å². The lowest BCUT2D eigenvalue weighted by atomic mass is 10.1. The highest BCUT2D eigenvalue weighted by Gasteiger charge is 2.28. The van der Waals surface area contributed by atoms with E-state index >= 15 is 0 Å². The Labute approximate surface area is 174 Å². The van der Waals surface area contributed by atoms with Gasteiger partial charge >= 0.3 is 0 Å². The third-order valence-electron chi connectivity index (χ3n) is 5.20. The first-order chi connectivity index (χ1) is 14.4. The summed E-state index contributed by atoms with van der Waals surface area (Å²) in [4.78, 5) is 39.5. The van der Waals surface area contributed by atoms with Crippen LogP contribution in [0.4, 0.5) is 11.4 Å². The van der Waals surface area contributed by atoms with E-state index in [1.165, 1.54) is 25.3 Å². The van der Waals surface area contributed by atoms with Gasteiger partial charge in [-0.1, -0.05) is 18.2 Å². The summed E-state index contributed by atoms with van der Waals surface area (Å²) < 4.78 is 5.17. The standard InChI is InChI=1S/C21H24N4O5/c1-15(20(26)22-18-9-8-17(25(28)29)14-19(18)30-2)23-10-12-24(13-11-23)21(27)16-6-4-3-5-7-16/h3-9,14-15H,10-13H2,1-2H3,(H,22,26)/t15-/m1/s1. The summed E-state index contributed by atoms with van der Waals surface area (Å²) in [6.45, 7) is 4.01. The van der Waals surface area contributed by atoms with Gasteiger partial charge in [-0.3, -0.25) is 24.6 Å². The van der Waals surface area contributed by atoms with Gasteiger partial charge in [0.1, 0.15) is 5.75 Å². The van der Waals surface area contributed by atoms with E-state index in [2.05, 4.69) is 5.32 Å². The van der Waals surface area contributed by atoms with Crippen LogP contribution in [-0.2, 0) is 4.79 Å². The van der Waals surface area contributed by atoms with Crippen LogP contribution in [0.5, 0.6) is 5.75 Å². The maximum absolute atomic E-state index is 12.7. The van der Waals surface area contributed by atoms with Gasteiger partial charge in [0, 0.05) is 37.8 Å². The summed E-state index contributed by atoms with van der Waals surface area (Å²) in [5, 5.41) is 13.7. The highest BCUT2D eigenvalue weighted by Crippen LogP contribution is 2.29. The molecule has 158 valence electrons. The minimum Gasteiger partial charge on any atom is -0.494 e. The van der Waals surface area contributed by atoms with Crippen LogP contribution >= 0.6 is 0 Å². The molecule has 2 aromatic rings. The summed E-state index contributed by atoms with van der Waals surface area (Å²) in [7, 11) is 1.39. The van der Waals surface area contributed by atoms with Crippen LogP contribution in [0.15, 0.2) is 48.5 Å². The van der Waals surface area contributed by atoms with Crippen molar-refractivity contribution in [1.82, 2.24) is 9.80 Å². The number of amides is 2. The Kier molecular flexibility index (Phi) is 6.63. The molecule has 0 radical (unpaired) electrons. The number of nitrogens with zero attached hydrogens (tertiary/aromatic N) is 3. The molecule has 1 saturated heterocycles. The van der Waals surface area contributed by atoms with Gasteiger partial charge in [-0.15, -0.1) is 0 Å². The minimum absolute atomic E-state index is 0.0111. The zero-order valence-corrected chi connectivity index (χ0v) is 16.9. The van der Waals surface area contributed by atoms with Crippen LogP contribution in [0, 0.1) is 10.1 Å². The lowest BCUT2D eigenvalue weighted by Crippen LogP contribution is -2.54. The number of nitro groups is 1. The van der Waals surface area contributed by atoms with Crippen LogP contribution in [-0.4, -0.2) is 65.9 Å². The lowest BCUT2D eigenvalue weighted by Gasteiger charge is -2.37. The number of hydrogen-bond acceptors (Lipinski definition) is 6. The second-order valence-corrected chi connectivity index (χ2v) is 7.00. The van der Waals surface area contributed by atoms with Gasteiger partial charge in [0.2, 0.25) is 5.91 Å². The van der Waals surface area contributed by atoms with E-state index < -0.39 is 11.0 Å². The molecule has 0 bridgehead atoms. The molecule has 2 aromatic carbocycles. The molecule has 9 heteroatoms. The highest BCUT2D eigenvalue weighted by molar-refractivity contribution is 5.96. The fourth-order valence-corrected chi connectivity index (χ4v) is 3.38. The monoisotopic (exact) mass is 412 g/mol. The van der Waals surface area contributed by atoms with Crippen LogP contribution in [0.2, 0.25) is 0 Å². The van der Waals surface area contributed by atoms with Gasteiger partial charge in [0.05, 0.1) is 29.8 Å². The molecule has 1 heterocycles. The molecular formula is C21H24N4O5. The fourth-order valence-electron chi connectivity index (χ4n) is 3.38. The van der Waals surface area contributed by atoms with Gasteiger partial charge < -0.3 is 15.0 Å². The van der Waals surface area contributed by atoms with Crippen LogP contribution in [0.3, 0.4) is 0 Å². The van der Waals surface area contributed by atoms with Crippen molar-refractivity contribution in [3.63, 3.8) is 0 Å². The molecule has 1 fully saturated rings. The minimum atomic E-state index is -0.521. The zero-order valence-electron chi connectivity index (χ0n) is 16.9. The maximum Gasteiger partial charge on any atom is 0.273 e. The zero-order chi connectivity index (χ0) is 21.7. The van der Waals surface area contributed by atoms with Crippen LogP contribution in [0.25, 0.3) is 0 Å². The number of nitrogens with one attached hydrogen (secondary N) is 1. The predicted molar refractivity (Wildman–Crippen MR) is 112 cm³/mol. The predicted octanol–water partition coefficient (Wildman–Crippen LogP) is 2.39.